The highest BCUT2D eigenvalue weighted by molar-refractivity contribution is 6.04. The largest absolute Gasteiger partial charge is 0.507 e. The van der Waals surface area contributed by atoms with E-state index in [4.69, 9.17) is 15.9 Å². The molecule has 0 radical (unpaired) electrons. The maximum atomic E-state index is 12.5. The zero-order valence-corrected chi connectivity index (χ0v) is 16.7. The molecule has 1 saturated heterocycles. The summed E-state index contributed by atoms with van der Waals surface area (Å²) in [7, 11) is 0. The number of nitrogen functional groups attached to an aromatic ring is 1. The summed E-state index contributed by atoms with van der Waals surface area (Å²) in [6.07, 6.45) is 0.491. The normalized spacial score (nSPS) is 14.1. The zero-order chi connectivity index (χ0) is 21.3. The first kappa shape index (κ1) is 19.7. The number of phenols is 1. The van der Waals surface area contributed by atoms with Crippen molar-refractivity contribution in [3.8, 4) is 22.8 Å². The minimum Gasteiger partial charge on any atom is -0.507 e. The lowest BCUT2D eigenvalue weighted by Crippen LogP contribution is -2.36. The van der Waals surface area contributed by atoms with Crippen molar-refractivity contribution in [2.45, 2.75) is 13.3 Å². The van der Waals surface area contributed by atoms with Crippen molar-refractivity contribution >= 4 is 17.1 Å². The standard InChI is InChI=1S/C21H24N6O3/c1-2-17(22)15-11-16(19(28)12-18(15)23)20-24-25-21(29)27(20)14-5-3-13(4-6-14)26-7-9-30-10-8-26/h3-6,11-12,22,28H,2,7-10,23H2,1H3,(H,25,29). The third kappa shape index (κ3) is 3.55. The summed E-state index contributed by atoms with van der Waals surface area (Å²) < 4.78 is 6.79. The number of nitrogens with two attached hydrogens (primary N) is 1. The van der Waals surface area contributed by atoms with Gasteiger partial charge in [-0.1, -0.05) is 6.92 Å². The second kappa shape index (κ2) is 8.03. The van der Waals surface area contributed by atoms with Crippen LogP contribution >= 0.6 is 0 Å². The number of H-pyrrole nitrogens is 1. The van der Waals surface area contributed by atoms with Crippen molar-refractivity contribution in [3.63, 3.8) is 0 Å². The van der Waals surface area contributed by atoms with Crippen molar-refractivity contribution in [2.24, 2.45) is 0 Å². The Kier molecular flexibility index (Phi) is 5.28. The molecule has 5 N–H and O–H groups in total. The van der Waals surface area contributed by atoms with Gasteiger partial charge >= 0.3 is 5.69 Å². The SMILES string of the molecule is CCC(=N)c1cc(-c2n[nH]c(=O)n2-c2ccc(N3CCOCC3)cc2)c(O)cc1N. The van der Waals surface area contributed by atoms with Crippen LogP contribution < -0.4 is 16.3 Å². The van der Waals surface area contributed by atoms with Crippen LogP contribution in [0.15, 0.2) is 41.2 Å². The molecule has 1 fully saturated rings. The number of ether oxygens (including phenoxy) is 1. The molecular formula is C21H24N6O3. The van der Waals surface area contributed by atoms with E-state index in [-0.39, 0.29) is 11.6 Å². The number of aromatic hydroxyl groups is 1. The van der Waals surface area contributed by atoms with E-state index in [2.05, 4.69) is 15.1 Å². The third-order valence-corrected chi connectivity index (χ3v) is 5.24. The number of aromatic amines is 1. The van der Waals surface area contributed by atoms with E-state index >= 15 is 0 Å². The minimum absolute atomic E-state index is 0.106. The second-order valence-corrected chi connectivity index (χ2v) is 7.09. The molecule has 3 aromatic rings. The number of hydrogen-bond acceptors (Lipinski definition) is 7. The molecule has 0 bridgehead atoms. The summed E-state index contributed by atoms with van der Waals surface area (Å²) in [5.74, 6) is 0.145. The van der Waals surface area contributed by atoms with Crippen LogP contribution in [-0.2, 0) is 4.74 Å². The van der Waals surface area contributed by atoms with Crippen LogP contribution in [0.2, 0.25) is 0 Å². The van der Waals surface area contributed by atoms with E-state index in [1.165, 1.54) is 10.6 Å². The van der Waals surface area contributed by atoms with Crippen LogP contribution in [0.5, 0.6) is 5.75 Å². The first-order valence-corrected chi connectivity index (χ1v) is 9.80. The summed E-state index contributed by atoms with van der Waals surface area (Å²) >= 11 is 0. The van der Waals surface area contributed by atoms with Crippen LogP contribution in [0, 0.1) is 5.41 Å². The molecule has 1 aliphatic rings. The molecule has 0 atom stereocenters. The minimum atomic E-state index is -0.424. The fourth-order valence-corrected chi connectivity index (χ4v) is 3.59. The van der Waals surface area contributed by atoms with Crippen molar-refractivity contribution in [1.82, 2.24) is 14.8 Å². The quantitative estimate of drug-likeness (QED) is 0.378. The fraction of sp³-hybridized carbons (Fsp3) is 0.286. The topological polar surface area (TPSA) is 133 Å². The van der Waals surface area contributed by atoms with Crippen LogP contribution in [0.25, 0.3) is 17.1 Å². The first-order valence-electron chi connectivity index (χ1n) is 9.80. The lowest BCUT2D eigenvalue weighted by molar-refractivity contribution is 0.122. The summed E-state index contributed by atoms with van der Waals surface area (Å²) in [5, 5.41) is 25.2. The molecule has 0 amide bonds. The molecule has 0 unspecified atom stereocenters. The Morgan fingerprint density at radius 3 is 2.57 bits per heavy atom. The number of morpholine rings is 1. The molecule has 156 valence electrons. The van der Waals surface area contributed by atoms with E-state index in [9.17, 15) is 9.90 Å². The molecule has 9 nitrogen and oxygen atoms in total. The molecule has 30 heavy (non-hydrogen) atoms. The van der Waals surface area contributed by atoms with Gasteiger partial charge in [-0.3, -0.25) is 0 Å². The third-order valence-electron chi connectivity index (χ3n) is 5.24. The number of phenolic OH excluding ortho intramolecular Hbond substituents is 1. The number of hydrogen-bond donors (Lipinski definition) is 4. The van der Waals surface area contributed by atoms with Gasteiger partial charge in [0.1, 0.15) is 5.75 Å². The van der Waals surface area contributed by atoms with Crippen molar-refractivity contribution in [2.75, 3.05) is 36.9 Å². The lowest BCUT2D eigenvalue weighted by Gasteiger charge is -2.28. The van der Waals surface area contributed by atoms with Gasteiger partial charge in [-0.2, -0.15) is 5.10 Å². The Morgan fingerprint density at radius 1 is 1.23 bits per heavy atom. The Morgan fingerprint density at radius 2 is 1.90 bits per heavy atom. The van der Waals surface area contributed by atoms with Gasteiger partial charge in [-0.25, -0.2) is 14.5 Å². The predicted octanol–water partition coefficient (Wildman–Crippen LogP) is 2.13. The number of nitrogens with one attached hydrogen (secondary N) is 2. The van der Waals surface area contributed by atoms with Gasteiger partial charge in [0.15, 0.2) is 5.82 Å². The summed E-state index contributed by atoms with van der Waals surface area (Å²) in [4.78, 5) is 14.7. The van der Waals surface area contributed by atoms with Gasteiger partial charge < -0.3 is 25.9 Å². The van der Waals surface area contributed by atoms with Gasteiger partial charge in [0.2, 0.25) is 0 Å². The van der Waals surface area contributed by atoms with E-state index < -0.39 is 5.69 Å². The highest BCUT2D eigenvalue weighted by Gasteiger charge is 2.19. The van der Waals surface area contributed by atoms with Crippen molar-refractivity contribution in [3.05, 3.63) is 52.4 Å². The molecule has 2 heterocycles. The number of aromatic nitrogens is 3. The first-order chi connectivity index (χ1) is 14.5. The van der Waals surface area contributed by atoms with Gasteiger partial charge in [-0.15, -0.1) is 0 Å². The fourth-order valence-electron chi connectivity index (χ4n) is 3.59. The van der Waals surface area contributed by atoms with Crippen molar-refractivity contribution < 1.29 is 9.84 Å². The highest BCUT2D eigenvalue weighted by Crippen LogP contribution is 2.33. The van der Waals surface area contributed by atoms with E-state index in [1.54, 1.807) is 6.07 Å². The molecule has 1 aliphatic heterocycles. The summed E-state index contributed by atoms with van der Waals surface area (Å²) in [5.41, 5.74) is 8.70. The average molecular weight is 408 g/mol. The number of rotatable bonds is 5. The Hall–Kier alpha value is -3.59. The highest BCUT2D eigenvalue weighted by atomic mass is 16.5. The Labute approximate surface area is 173 Å². The van der Waals surface area contributed by atoms with E-state index in [0.717, 1.165) is 18.8 Å². The molecule has 0 saturated carbocycles. The molecule has 1 aromatic heterocycles. The molecule has 9 heteroatoms. The Bertz CT molecular complexity index is 1130. The zero-order valence-electron chi connectivity index (χ0n) is 16.7. The maximum Gasteiger partial charge on any atom is 0.348 e. The van der Waals surface area contributed by atoms with Gasteiger partial charge in [0.25, 0.3) is 0 Å². The molecule has 0 aliphatic carbocycles. The van der Waals surface area contributed by atoms with E-state index in [0.29, 0.717) is 47.8 Å². The summed E-state index contributed by atoms with van der Waals surface area (Å²) in [6, 6.07) is 10.6. The maximum absolute atomic E-state index is 12.5. The van der Waals surface area contributed by atoms with E-state index in [1.807, 2.05) is 31.2 Å². The van der Waals surface area contributed by atoms with Crippen LogP contribution in [0.4, 0.5) is 11.4 Å². The van der Waals surface area contributed by atoms with Gasteiger partial charge in [0.05, 0.1) is 24.5 Å². The van der Waals surface area contributed by atoms with Crippen LogP contribution in [0.1, 0.15) is 18.9 Å². The molecule has 4 rings (SSSR count). The summed E-state index contributed by atoms with van der Waals surface area (Å²) in [6.45, 7) is 4.88. The monoisotopic (exact) mass is 408 g/mol. The molecule has 0 spiro atoms. The number of anilines is 2. The number of nitrogens with zero attached hydrogens (tertiary/aromatic N) is 3. The van der Waals surface area contributed by atoms with Crippen LogP contribution in [0.3, 0.4) is 0 Å². The van der Waals surface area contributed by atoms with Crippen molar-refractivity contribution in [1.29, 1.82) is 5.41 Å². The van der Waals surface area contributed by atoms with Gasteiger partial charge in [0, 0.05) is 41.8 Å². The smallest absolute Gasteiger partial charge is 0.348 e. The molecular weight excluding hydrogens is 384 g/mol. The average Bonchev–Trinajstić information content (AvgIpc) is 3.15. The lowest BCUT2D eigenvalue weighted by atomic mass is 10.0. The number of benzene rings is 2. The Balaban J connectivity index is 1.76. The second-order valence-electron chi connectivity index (χ2n) is 7.09. The molecule has 2 aromatic carbocycles. The van der Waals surface area contributed by atoms with Crippen LogP contribution in [-0.4, -0.2) is 51.9 Å². The predicted molar refractivity (Wildman–Crippen MR) is 116 cm³/mol. The van der Waals surface area contributed by atoms with Gasteiger partial charge in [-0.05, 0) is 36.8 Å².